The van der Waals surface area contributed by atoms with E-state index in [1.165, 1.54) is 0 Å². The summed E-state index contributed by atoms with van der Waals surface area (Å²) < 4.78 is 0. The summed E-state index contributed by atoms with van der Waals surface area (Å²) in [5.41, 5.74) is 0.0980. The predicted octanol–water partition coefficient (Wildman–Crippen LogP) is 2.12. The van der Waals surface area contributed by atoms with Crippen molar-refractivity contribution in [3.63, 3.8) is 0 Å². The highest BCUT2D eigenvalue weighted by Gasteiger charge is 2.35. The summed E-state index contributed by atoms with van der Waals surface area (Å²) >= 11 is 0. The van der Waals surface area contributed by atoms with Crippen LogP contribution in [0.1, 0.15) is 52.9 Å². The molecule has 104 valence electrons. The van der Waals surface area contributed by atoms with Gasteiger partial charge in [-0.3, -0.25) is 0 Å². The zero-order chi connectivity index (χ0) is 13.8. The zero-order valence-electron chi connectivity index (χ0n) is 11.5. The van der Waals surface area contributed by atoms with E-state index in [1.807, 2.05) is 6.92 Å². The molecule has 0 heterocycles. The molecule has 0 aliphatic heterocycles. The van der Waals surface area contributed by atoms with E-state index in [-0.39, 0.29) is 17.5 Å². The Bertz CT molecular complexity index is 315. The Kier molecular flexibility index (Phi) is 4.99. The molecule has 0 aromatic rings. The molecule has 0 aromatic carbocycles. The predicted molar refractivity (Wildman–Crippen MR) is 69.4 cm³/mol. The molecule has 2 amide bonds. The van der Waals surface area contributed by atoms with Gasteiger partial charge in [0.2, 0.25) is 0 Å². The van der Waals surface area contributed by atoms with Gasteiger partial charge in [-0.15, -0.1) is 0 Å². The molecule has 1 aliphatic carbocycles. The van der Waals surface area contributed by atoms with Crippen LogP contribution in [0.5, 0.6) is 0 Å². The molecule has 0 aromatic heterocycles. The van der Waals surface area contributed by atoms with Crippen molar-refractivity contribution < 1.29 is 14.7 Å². The van der Waals surface area contributed by atoms with E-state index in [4.69, 9.17) is 5.11 Å². The van der Waals surface area contributed by atoms with Gasteiger partial charge in [-0.2, -0.15) is 0 Å². The molecule has 2 atom stereocenters. The molecule has 18 heavy (non-hydrogen) atoms. The molecule has 1 aliphatic rings. The molecule has 1 fully saturated rings. The number of nitrogens with one attached hydrogen (secondary N) is 2. The third-order valence-corrected chi connectivity index (χ3v) is 3.74. The molecule has 0 spiro atoms. The SMILES string of the molecule is CCCC(NC(=O)NC1CCCC1(C)C)C(=O)O. The summed E-state index contributed by atoms with van der Waals surface area (Å²) in [6, 6.07) is -1.02. The van der Waals surface area contributed by atoms with Crippen LogP contribution in [-0.2, 0) is 4.79 Å². The minimum absolute atomic E-state index is 0.0980. The monoisotopic (exact) mass is 256 g/mol. The number of carboxylic acids is 1. The van der Waals surface area contributed by atoms with Crippen LogP contribution in [-0.4, -0.2) is 29.2 Å². The van der Waals surface area contributed by atoms with Crippen molar-refractivity contribution in [3.8, 4) is 0 Å². The van der Waals surface area contributed by atoms with E-state index in [0.29, 0.717) is 6.42 Å². The minimum atomic E-state index is -0.974. The highest BCUT2D eigenvalue weighted by Crippen LogP contribution is 2.37. The second-order valence-electron chi connectivity index (χ2n) is 5.73. The van der Waals surface area contributed by atoms with Crippen molar-refractivity contribution >= 4 is 12.0 Å². The van der Waals surface area contributed by atoms with Crippen molar-refractivity contribution in [1.82, 2.24) is 10.6 Å². The fourth-order valence-corrected chi connectivity index (χ4v) is 2.50. The molecule has 3 N–H and O–H groups in total. The first-order valence-corrected chi connectivity index (χ1v) is 6.66. The van der Waals surface area contributed by atoms with Crippen molar-refractivity contribution in [3.05, 3.63) is 0 Å². The Balaban J connectivity index is 2.47. The van der Waals surface area contributed by atoms with Gasteiger partial charge in [0.15, 0.2) is 0 Å². The molecule has 2 unspecified atom stereocenters. The van der Waals surface area contributed by atoms with Gasteiger partial charge in [-0.25, -0.2) is 9.59 Å². The number of rotatable bonds is 5. The maximum absolute atomic E-state index is 11.8. The Hall–Kier alpha value is -1.26. The van der Waals surface area contributed by atoms with Crippen molar-refractivity contribution in [2.24, 2.45) is 5.41 Å². The van der Waals surface area contributed by atoms with E-state index in [1.54, 1.807) is 0 Å². The first-order valence-electron chi connectivity index (χ1n) is 6.66. The van der Waals surface area contributed by atoms with Crippen molar-refractivity contribution in [1.29, 1.82) is 0 Å². The first-order chi connectivity index (χ1) is 8.36. The summed E-state index contributed by atoms with van der Waals surface area (Å²) in [6.07, 6.45) is 4.35. The molecule has 0 bridgehead atoms. The number of amides is 2. The zero-order valence-corrected chi connectivity index (χ0v) is 11.5. The Morgan fingerprint density at radius 3 is 2.56 bits per heavy atom. The summed E-state index contributed by atoms with van der Waals surface area (Å²) in [7, 11) is 0. The number of carbonyl (C=O) groups is 2. The number of hydrogen-bond donors (Lipinski definition) is 3. The number of hydrogen-bond acceptors (Lipinski definition) is 2. The molecule has 5 heteroatoms. The summed E-state index contributed by atoms with van der Waals surface area (Å²) in [5.74, 6) is -0.974. The van der Waals surface area contributed by atoms with Crippen LogP contribution in [0.25, 0.3) is 0 Å². The van der Waals surface area contributed by atoms with Gasteiger partial charge in [-0.05, 0) is 24.7 Å². The average Bonchev–Trinajstić information content (AvgIpc) is 2.57. The molecular formula is C13H24N2O3. The lowest BCUT2D eigenvalue weighted by atomic mass is 9.87. The number of carboxylic acid groups (broad SMARTS) is 1. The molecule has 5 nitrogen and oxygen atoms in total. The lowest BCUT2D eigenvalue weighted by Gasteiger charge is -2.28. The second kappa shape index (κ2) is 6.07. The molecule has 0 saturated heterocycles. The van der Waals surface area contributed by atoms with E-state index >= 15 is 0 Å². The Morgan fingerprint density at radius 2 is 2.11 bits per heavy atom. The van der Waals surface area contributed by atoms with Crippen LogP contribution in [0.4, 0.5) is 4.79 Å². The minimum Gasteiger partial charge on any atom is -0.480 e. The first kappa shape index (κ1) is 14.8. The van der Waals surface area contributed by atoms with Crippen LogP contribution >= 0.6 is 0 Å². The van der Waals surface area contributed by atoms with Gasteiger partial charge in [0.1, 0.15) is 6.04 Å². The standard InChI is InChI=1S/C13H24N2O3/c1-4-6-9(11(16)17)14-12(18)15-10-7-5-8-13(10,2)3/h9-10H,4-8H2,1-3H3,(H,16,17)(H2,14,15,18). The van der Waals surface area contributed by atoms with Gasteiger partial charge in [0.05, 0.1) is 0 Å². The van der Waals surface area contributed by atoms with Gasteiger partial charge in [-0.1, -0.05) is 33.6 Å². The molecular weight excluding hydrogens is 232 g/mol. The van der Waals surface area contributed by atoms with Crippen molar-refractivity contribution in [2.75, 3.05) is 0 Å². The fraction of sp³-hybridized carbons (Fsp3) is 0.846. The number of carbonyl (C=O) groups excluding carboxylic acids is 1. The lowest BCUT2D eigenvalue weighted by molar-refractivity contribution is -0.139. The lowest BCUT2D eigenvalue weighted by Crippen LogP contribution is -2.51. The molecule has 1 saturated carbocycles. The molecule has 1 rings (SSSR count). The van der Waals surface area contributed by atoms with Crippen LogP contribution in [0.15, 0.2) is 0 Å². The Labute approximate surface area is 108 Å². The van der Waals surface area contributed by atoms with Gasteiger partial charge in [0.25, 0.3) is 0 Å². The van der Waals surface area contributed by atoms with Crippen LogP contribution < -0.4 is 10.6 Å². The highest BCUT2D eigenvalue weighted by atomic mass is 16.4. The van der Waals surface area contributed by atoms with Gasteiger partial charge < -0.3 is 15.7 Å². The van der Waals surface area contributed by atoms with Crippen LogP contribution in [0, 0.1) is 5.41 Å². The normalized spacial score (nSPS) is 23.4. The van der Waals surface area contributed by atoms with E-state index < -0.39 is 12.0 Å². The highest BCUT2D eigenvalue weighted by molar-refractivity contribution is 5.82. The summed E-state index contributed by atoms with van der Waals surface area (Å²) in [4.78, 5) is 22.7. The maximum atomic E-state index is 11.8. The quantitative estimate of drug-likeness (QED) is 0.705. The largest absolute Gasteiger partial charge is 0.480 e. The van der Waals surface area contributed by atoms with E-state index in [2.05, 4.69) is 24.5 Å². The third kappa shape index (κ3) is 3.89. The molecule has 0 radical (unpaired) electrons. The maximum Gasteiger partial charge on any atom is 0.326 e. The Morgan fingerprint density at radius 1 is 1.44 bits per heavy atom. The average molecular weight is 256 g/mol. The van der Waals surface area contributed by atoms with Gasteiger partial charge in [0, 0.05) is 6.04 Å². The van der Waals surface area contributed by atoms with Crippen molar-refractivity contribution in [2.45, 2.75) is 65.0 Å². The number of urea groups is 1. The van der Waals surface area contributed by atoms with E-state index in [0.717, 1.165) is 25.7 Å². The van der Waals surface area contributed by atoms with Crippen LogP contribution in [0.2, 0.25) is 0 Å². The second-order valence-corrected chi connectivity index (χ2v) is 5.73. The third-order valence-electron chi connectivity index (χ3n) is 3.74. The summed E-state index contributed by atoms with van der Waals surface area (Å²) in [6.45, 7) is 6.16. The fourth-order valence-electron chi connectivity index (χ4n) is 2.50. The smallest absolute Gasteiger partial charge is 0.326 e. The van der Waals surface area contributed by atoms with Gasteiger partial charge >= 0.3 is 12.0 Å². The van der Waals surface area contributed by atoms with Crippen LogP contribution in [0.3, 0.4) is 0 Å². The summed E-state index contributed by atoms with van der Waals surface area (Å²) in [5, 5.41) is 14.4. The van der Waals surface area contributed by atoms with E-state index in [9.17, 15) is 9.59 Å². The number of aliphatic carboxylic acids is 1. The topological polar surface area (TPSA) is 78.4 Å².